The molecule has 0 radical (unpaired) electrons. The molecule has 0 saturated carbocycles. The lowest BCUT2D eigenvalue weighted by atomic mass is 10.1. The van der Waals surface area contributed by atoms with Crippen molar-refractivity contribution in [3.05, 3.63) is 53.3 Å². The van der Waals surface area contributed by atoms with Crippen molar-refractivity contribution in [1.82, 2.24) is 10.0 Å². The van der Waals surface area contributed by atoms with Crippen molar-refractivity contribution in [1.29, 1.82) is 0 Å². The van der Waals surface area contributed by atoms with Gasteiger partial charge in [-0.2, -0.15) is 13.2 Å². The van der Waals surface area contributed by atoms with Crippen molar-refractivity contribution >= 4 is 15.9 Å². The van der Waals surface area contributed by atoms with Crippen LogP contribution in [0.1, 0.15) is 24.0 Å². The second-order valence-corrected chi connectivity index (χ2v) is 8.65. The van der Waals surface area contributed by atoms with E-state index in [0.717, 1.165) is 12.1 Å². The van der Waals surface area contributed by atoms with Gasteiger partial charge in [0.2, 0.25) is 15.9 Å². The monoisotopic (exact) mass is 476 g/mol. The van der Waals surface area contributed by atoms with Crippen LogP contribution in [0.4, 0.5) is 17.6 Å². The maximum Gasteiger partial charge on any atom is 0.416 e. The van der Waals surface area contributed by atoms with E-state index in [-0.39, 0.29) is 23.4 Å². The first-order valence-electron chi connectivity index (χ1n) is 9.58. The maximum absolute atomic E-state index is 13.1. The van der Waals surface area contributed by atoms with Crippen LogP contribution in [-0.2, 0) is 27.5 Å². The summed E-state index contributed by atoms with van der Waals surface area (Å²) in [6.45, 7) is 0.0735. The van der Waals surface area contributed by atoms with Gasteiger partial charge in [0.05, 0.1) is 23.7 Å². The molecule has 3 rings (SSSR count). The van der Waals surface area contributed by atoms with E-state index in [1.165, 1.54) is 18.2 Å². The van der Waals surface area contributed by atoms with Crippen molar-refractivity contribution in [2.45, 2.75) is 30.5 Å². The Morgan fingerprint density at radius 1 is 1.03 bits per heavy atom. The molecule has 0 bridgehead atoms. The molecule has 0 fully saturated rings. The number of benzene rings is 2. The molecule has 7 nitrogen and oxygen atoms in total. The zero-order valence-corrected chi connectivity index (χ0v) is 17.5. The molecule has 0 aromatic heterocycles. The van der Waals surface area contributed by atoms with Crippen LogP contribution >= 0.6 is 0 Å². The number of hydrogen-bond donors (Lipinski definition) is 2. The van der Waals surface area contributed by atoms with Crippen LogP contribution in [0, 0.1) is 5.82 Å². The Labute approximate surface area is 181 Å². The van der Waals surface area contributed by atoms with E-state index in [4.69, 9.17) is 9.47 Å². The number of carbonyl (C=O) groups is 1. The van der Waals surface area contributed by atoms with Gasteiger partial charge in [-0.15, -0.1) is 0 Å². The van der Waals surface area contributed by atoms with E-state index in [1.54, 1.807) is 0 Å². The number of hydrogen-bond acceptors (Lipinski definition) is 5. The van der Waals surface area contributed by atoms with Gasteiger partial charge >= 0.3 is 6.18 Å². The number of carbonyl (C=O) groups excluding carboxylic acids is 1. The zero-order chi connectivity index (χ0) is 23.4. The Morgan fingerprint density at radius 3 is 2.47 bits per heavy atom. The molecule has 1 aliphatic heterocycles. The van der Waals surface area contributed by atoms with Gasteiger partial charge in [0.15, 0.2) is 11.5 Å². The second kappa shape index (κ2) is 9.74. The molecule has 0 atom stereocenters. The molecule has 1 amide bonds. The Kier molecular flexibility index (Phi) is 7.24. The summed E-state index contributed by atoms with van der Waals surface area (Å²) in [6, 6.07) is 6.28. The average Bonchev–Trinajstić information content (AvgIpc) is 2.97. The molecule has 0 spiro atoms. The smallest absolute Gasteiger partial charge is 0.416 e. The Balaban J connectivity index is 1.54. The van der Waals surface area contributed by atoms with E-state index < -0.39 is 40.0 Å². The summed E-state index contributed by atoms with van der Waals surface area (Å²) in [7, 11) is -3.96. The number of amides is 1. The molecule has 0 saturated heterocycles. The summed E-state index contributed by atoms with van der Waals surface area (Å²) in [6.07, 6.45) is -4.43. The lowest BCUT2D eigenvalue weighted by Crippen LogP contribution is -2.31. The molecule has 0 aliphatic carbocycles. The van der Waals surface area contributed by atoms with Crippen LogP contribution in [0.5, 0.6) is 11.5 Å². The van der Waals surface area contributed by atoms with Crippen LogP contribution < -0.4 is 19.5 Å². The maximum atomic E-state index is 13.1. The molecule has 1 heterocycles. The predicted molar refractivity (Wildman–Crippen MR) is 105 cm³/mol. The van der Waals surface area contributed by atoms with E-state index in [1.807, 2.05) is 0 Å². The van der Waals surface area contributed by atoms with E-state index in [2.05, 4.69) is 10.0 Å². The van der Waals surface area contributed by atoms with E-state index >= 15 is 0 Å². The Hall–Kier alpha value is -2.86. The first kappa shape index (κ1) is 23.8. The third-order valence-corrected chi connectivity index (χ3v) is 5.99. The third kappa shape index (κ3) is 6.10. The number of ether oxygens (including phenoxy) is 2. The fraction of sp³-hybridized carbons (Fsp3) is 0.350. The van der Waals surface area contributed by atoms with Crippen molar-refractivity contribution in [2.24, 2.45) is 0 Å². The fourth-order valence-corrected chi connectivity index (χ4v) is 3.99. The first-order valence-corrected chi connectivity index (χ1v) is 11.1. The third-order valence-electron chi connectivity index (χ3n) is 4.53. The highest BCUT2D eigenvalue weighted by Gasteiger charge is 2.33. The molecule has 12 heteroatoms. The van der Waals surface area contributed by atoms with Gasteiger partial charge in [-0.3, -0.25) is 4.79 Å². The van der Waals surface area contributed by atoms with Crippen molar-refractivity contribution in [3.8, 4) is 11.5 Å². The largest absolute Gasteiger partial charge is 0.490 e. The summed E-state index contributed by atoms with van der Waals surface area (Å²) in [5, 5.41) is 2.27. The fourth-order valence-electron chi connectivity index (χ4n) is 2.94. The molecule has 2 aromatic rings. The Morgan fingerprint density at radius 2 is 1.75 bits per heavy atom. The van der Waals surface area contributed by atoms with Gasteiger partial charge in [-0.05, 0) is 29.8 Å². The predicted octanol–water partition coefficient (Wildman–Crippen LogP) is 2.99. The summed E-state index contributed by atoms with van der Waals surface area (Å²) >= 11 is 0. The number of alkyl halides is 3. The summed E-state index contributed by atoms with van der Waals surface area (Å²) in [5.74, 6) is -0.997. The van der Waals surface area contributed by atoms with E-state index in [9.17, 15) is 30.8 Å². The topological polar surface area (TPSA) is 93.7 Å². The van der Waals surface area contributed by atoms with Gasteiger partial charge in [0.25, 0.3) is 0 Å². The number of nitrogens with one attached hydrogen (secondary N) is 2. The highest BCUT2D eigenvalue weighted by Crippen LogP contribution is 2.33. The summed E-state index contributed by atoms with van der Waals surface area (Å²) in [5.41, 5.74) is -1.49. The summed E-state index contributed by atoms with van der Waals surface area (Å²) < 4.78 is 90.2. The van der Waals surface area contributed by atoms with Crippen LogP contribution in [0.15, 0.2) is 41.3 Å². The minimum atomic E-state index is -4.78. The molecule has 1 aliphatic rings. The van der Waals surface area contributed by atoms with Crippen LogP contribution in [0.3, 0.4) is 0 Å². The van der Waals surface area contributed by atoms with Crippen molar-refractivity contribution < 1.29 is 40.2 Å². The average molecular weight is 476 g/mol. The van der Waals surface area contributed by atoms with Gasteiger partial charge in [0, 0.05) is 32.0 Å². The van der Waals surface area contributed by atoms with Gasteiger partial charge in [0.1, 0.15) is 5.82 Å². The molecule has 0 unspecified atom stereocenters. The summed E-state index contributed by atoms with van der Waals surface area (Å²) in [4.78, 5) is 11.9. The molecular weight excluding hydrogens is 456 g/mol. The molecule has 174 valence electrons. The SMILES string of the molecule is O=C(CCNS(=O)(=O)c1ccc2c(c1)OCCCO2)NCc1ccc(F)cc1C(F)(F)F. The first-order chi connectivity index (χ1) is 15.1. The van der Waals surface area contributed by atoms with Crippen LogP contribution in [0.2, 0.25) is 0 Å². The van der Waals surface area contributed by atoms with Gasteiger partial charge in [-0.1, -0.05) is 6.07 Å². The van der Waals surface area contributed by atoms with E-state index in [0.29, 0.717) is 37.2 Å². The number of rotatable bonds is 7. The van der Waals surface area contributed by atoms with Crippen LogP contribution in [-0.4, -0.2) is 34.1 Å². The minimum Gasteiger partial charge on any atom is -0.490 e. The minimum absolute atomic E-state index is 0.0803. The zero-order valence-electron chi connectivity index (χ0n) is 16.7. The normalized spacial score (nSPS) is 14.0. The Bertz CT molecular complexity index is 1090. The lowest BCUT2D eigenvalue weighted by molar-refractivity contribution is -0.138. The van der Waals surface area contributed by atoms with Crippen molar-refractivity contribution in [3.63, 3.8) is 0 Å². The standard InChI is InChI=1S/C20H20F4N2O5S/c21-14-3-2-13(16(10-14)20(22,23)24)12-25-19(27)6-7-26-32(28,29)15-4-5-17-18(11-15)31-9-1-8-30-17/h2-5,10-11,26H,1,6-9,12H2,(H,25,27). The second-order valence-electron chi connectivity index (χ2n) is 6.88. The van der Waals surface area contributed by atoms with Gasteiger partial charge in [-0.25, -0.2) is 17.5 Å². The van der Waals surface area contributed by atoms with Crippen LogP contribution in [0.25, 0.3) is 0 Å². The quantitative estimate of drug-likeness (QED) is 0.600. The highest BCUT2D eigenvalue weighted by molar-refractivity contribution is 7.89. The molecule has 2 aromatic carbocycles. The van der Waals surface area contributed by atoms with Gasteiger partial charge < -0.3 is 14.8 Å². The number of fused-ring (bicyclic) bond motifs is 1. The number of halogens is 4. The molecular formula is C20H20F4N2O5S. The highest BCUT2D eigenvalue weighted by atomic mass is 32.2. The molecule has 2 N–H and O–H groups in total. The molecule has 32 heavy (non-hydrogen) atoms. The number of sulfonamides is 1. The van der Waals surface area contributed by atoms with Crippen molar-refractivity contribution in [2.75, 3.05) is 19.8 Å². The lowest BCUT2D eigenvalue weighted by Gasteiger charge is -2.14.